The normalized spacial score (nSPS) is 17.0. The second kappa shape index (κ2) is 7.14. The fourth-order valence-corrected chi connectivity index (χ4v) is 3.90. The van der Waals surface area contributed by atoms with Crippen LogP contribution in [0.3, 0.4) is 0 Å². The van der Waals surface area contributed by atoms with E-state index in [2.05, 4.69) is 5.32 Å². The Morgan fingerprint density at radius 3 is 2.67 bits per heavy atom. The average molecular weight is 363 g/mol. The highest BCUT2D eigenvalue weighted by atomic mass is 32.2. The number of carbonyl (C=O) groups is 3. The monoisotopic (exact) mass is 363 g/mol. The molecule has 0 aromatic heterocycles. The Labute approximate surface area is 146 Å². The van der Waals surface area contributed by atoms with Gasteiger partial charge in [0.1, 0.15) is 5.75 Å². The molecule has 0 radical (unpaired) electrons. The van der Waals surface area contributed by atoms with Crippen LogP contribution in [0, 0.1) is 0 Å². The lowest BCUT2D eigenvalue weighted by Crippen LogP contribution is -2.24. The Balaban J connectivity index is 1.76. The van der Waals surface area contributed by atoms with Gasteiger partial charge >= 0.3 is 6.16 Å². The third-order valence-electron chi connectivity index (χ3n) is 3.16. The highest BCUT2D eigenvalue weighted by Gasteiger charge is 2.32. The highest BCUT2D eigenvalue weighted by Crippen LogP contribution is 2.32. The van der Waals surface area contributed by atoms with Gasteiger partial charge in [-0.3, -0.25) is 9.59 Å². The number of rotatable bonds is 4. The van der Waals surface area contributed by atoms with Crippen molar-refractivity contribution < 1.29 is 23.9 Å². The van der Waals surface area contributed by atoms with Gasteiger partial charge in [0.15, 0.2) is 5.37 Å². The van der Waals surface area contributed by atoms with E-state index in [4.69, 9.17) is 9.47 Å². The summed E-state index contributed by atoms with van der Waals surface area (Å²) in [5.41, 5.74) is 0. The molecule has 1 aliphatic heterocycles. The van der Waals surface area contributed by atoms with Crippen molar-refractivity contribution in [2.45, 2.75) is 17.2 Å². The number of hydrogen-bond acceptors (Lipinski definition) is 7. The molecular formula is C16H13NO5S2. The van der Waals surface area contributed by atoms with E-state index >= 15 is 0 Å². The van der Waals surface area contributed by atoms with Gasteiger partial charge in [-0.1, -0.05) is 23.9 Å². The van der Waals surface area contributed by atoms with Gasteiger partial charge in [-0.15, -0.1) is 0 Å². The summed E-state index contributed by atoms with van der Waals surface area (Å²) in [5.74, 6) is 0.399. The van der Waals surface area contributed by atoms with Gasteiger partial charge < -0.3 is 14.8 Å². The number of fused-ring (bicyclic) bond motifs is 1. The molecule has 1 amide bonds. The molecule has 6 nitrogen and oxygen atoms in total. The van der Waals surface area contributed by atoms with Crippen LogP contribution >= 0.6 is 23.5 Å². The largest absolute Gasteiger partial charge is 0.513 e. The predicted molar refractivity (Wildman–Crippen MR) is 92.4 cm³/mol. The van der Waals surface area contributed by atoms with Gasteiger partial charge in [-0.2, -0.15) is 0 Å². The van der Waals surface area contributed by atoms with Crippen LogP contribution < -0.4 is 10.1 Å². The predicted octanol–water partition coefficient (Wildman–Crippen LogP) is 3.78. The number of benzene rings is 2. The summed E-state index contributed by atoms with van der Waals surface area (Å²) >= 11 is 1.98. The molecule has 1 atom stereocenters. The summed E-state index contributed by atoms with van der Waals surface area (Å²) in [6.45, 7) is 1.96. The van der Waals surface area contributed by atoms with E-state index in [0.29, 0.717) is 17.5 Å². The van der Waals surface area contributed by atoms with Crippen LogP contribution in [0.5, 0.6) is 5.75 Å². The SMILES string of the molecule is CCOC(=O)Oc1ccc2cc(SC3NC(=O)SC3=O)ccc2c1. The van der Waals surface area contributed by atoms with Crippen LogP contribution in [-0.4, -0.2) is 28.5 Å². The van der Waals surface area contributed by atoms with Gasteiger partial charge in [-0.05, 0) is 42.0 Å². The summed E-state index contributed by atoms with van der Waals surface area (Å²) in [5, 5.41) is 3.35. The van der Waals surface area contributed by atoms with Crippen LogP contribution in [0.25, 0.3) is 10.8 Å². The molecule has 0 saturated carbocycles. The maximum Gasteiger partial charge on any atom is 0.513 e. The molecule has 124 valence electrons. The third kappa shape index (κ3) is 3.82. The Bertz CT molecular complexity index is 823. The van der Waals surface area contributed by atoms with E-state index in [0.717, 1.165) is 15.7 Å². The van der Waals surface area contributed by atoms with E-state index in [9.17, 15) is 14.4 Å². The van der Waals surface area contributed by atoms with Crippen molar-refractivity contribution in [1.82, 2.24) is 5.32 Å². The van der Waals surface area contributed by atoms with Crippen molar-refractivity contribution in [2.24, 2.45) is 0 Å². The Hall–Kier alpha value is -2.19. The van der Waals surface area contributed by atoms with Gasteiger partial charge in [-0.25, -0.2) is 4.79 Å². The Kier molecular flexibility index (Phi) is 4.96. The third-order valence-corrected chi connectivity index (χ3v) is 5.14. The zero-order valence-corrected chi connectivity index (χ0v) is 14.2. The first-order valence-electron chi connectivity index (χ1n) is 7.12. The molecule has 1 fully saturated rings. The van der Waals surface area contributed by atoms with E-state index in [-0.39, 0.29) is 17.0 Å². The van der Waals surface area contributed by atoms with Crippen LogP contribution in [0.4, 0.5) is 9.59 Å². The lowest BCUT2D eigenvalue weighted by Gasteiger charge is -2.09. The summed E-state index contributed by atoms with van der Waals surface area (Å²) in [4.78, 5) is 35.1. The molecule has 2 aromatic carbocycles. The fourth-order valence-electron chi connectivity index (χ4n) is 2.14. The quantitative estimate of drug-likeness (QED) is 0.654. The molecule has 0 bridgehead atoms. The lowest BCUT2D eigenvalue weighted by atomic mass is 10.1. The minimum atomic E-state index is -0.739. The molecule has 1 aliphatic rings. The summed E-state index contributed by atoms with van der Waals surface area (Å²) in [7, 11) is 0. The first-order chi connectivity index (χ1) is 11.5. The maximum atomic E-state index is 11.7. The van der Waals surface area contributed by atoms with Gasteiger partial charge in [0.25, 0.3) is 5.24 Å². The molecule has 2 aromatic rings. The van der Waals surface area contributed by atoms with Crippen LogP contribution in [-0.2, 0) is 9.53 Å². The highest BCUT2D eigenvalue weighted by molar-refractivity contribution is 8.28. The molecule has 1 heterocycles. The summed E-state index contributed by atoms with van der Waals surface area (Å²) in [6, 6.07) is 10.9. The second-order valence-electron chi connectivity index (χ2n) is 4.81. The first-order valence-corrected chi connectivity index (χ1v) is 8.82. The average Bonchev–Trinajstić information content (AvgIpc) is 2.85. The molecule has 1 saturated heterocycles. The van der Waals surface area contributed by atoms with Crippen molar-refractivity contribution in [3.8, 4) is 5.75 Å². The number of nitrogens with one attached hydrogen (secondary N) is 1. The van der Waals surface area contributed by atoms with Crippen molar-refractivity contribution in [3.63, 3.8) is 0 Å². The van der Waals surface area contributed by atoms with Crippen molar-refractivity contribution >= 4 is 50.8 Å². The Morgan fingerprint density at radius 2 is 1.96 bits per heavy atom. The fraction of sp³-hybridized carbons (Fsp3) is 0.188. The minimum Gasteiger partial charge on any atom is -0.434 e. The Morgan fingerprint density at radius 1 is 1.21 bits per heavy atom. The van der Waals surface area contributed by atoms with Crippen molar-refractivity contribution in [3.05, 3.63) is 36.4 Å². The molecule has 0 aliphatic carbocycles. The van der Waals surface area contributed by atoms with E-state index in [1.807, 2.05) is 24.3 Å². The molecule has 1 unspecified atom stereocenters. The zero-order valence-electron chi connectivity index (χ0n) is 12.6. The van der Waals surface area contributed by atoms with Gasteiger partial charge in [0.05, 0.1) is 6.61 Å². The molecule has 1 N–H and O–H groups in total. The van der Waals surface area contributed by atoms with Crippen LogP contribution in [0.2, 0.25) is 0 Å². The molecule has 8 heteroatoms. The van der Waals surface area contributed by atoms with Crippen molar-refractivity contribution in [1.29, 1.82) is 0 Å². The number of thioether (sulfide) groups is 2. The second-order valence-corrected chi connectivity index (χ2v) is 6.96. The minimum absolute atomic E-state index is 0.191. The number of ether oxygens (including phenoxy) is 2. The topological polar surface area (TPSA) is 81.7 Å². The maximum absolute atomic E-state index is 11.7. The molecule has 24 heavy (non-hydrogen) atoms. The summed E-state index contributed by atoms with van der Waals surface area (Å²) in [6.07, 6.45) is -0.739. The number of hydrogen-bond donors (Lipinski definition) is 1. The molecular weight excluding hydrogens is 350 g/mol. The standard InChI is InChI=1S/C16H13NO5S2/c1-2-21-16(20)22-11-5-3-10-8-12(6-4-9(10)7-11)23-13-14(18)24-15(19)17-13/h3-8,13H,2H2,1H3,(H,17,19). The van der Waals surface area contributed by atoms with E-state index in [1.54, 1.807) is 19.1 Å². The van der Waals surface area contributed by atoms with Crippen molar-refractivity contribution in [2.75, 3.05) is 6.61 Å². The van der Waals surface area contributed by atoms with Gasteiger partial charge in [0, 0.05) is 16.7 Å². The first kappa shape index (κ1) is 16.7. The molecule has 0 spiro atoms. The number of amides is 1. The number of carbonyl (C=O) groups excluding carboxylic acids is 3. The zero-order chi connectivity index (χ0) is 17.1. The van der Waals surface area contributed by atoms with Crippen LogP contribution in [0.1, 0.15) is 6.92 Å². The lowest BCUT2D eigenvalue weighted by molar-refractivity contribution is -0.110. The smallest absolute Gasteiger partial charge is 0.434 e. The molecule has 3 rings (SSSR count). The van der Waals surface area contributed by atoms with Crippen LogP contribution in [0.15, 0.2) is 41.3 Å². The van der Waals surface area contributed by atoms with E-state index < -0.39 is 11.5 Å². The van der Waals surface area contributed by atoms with Gasteiger partial charge in [0.2, 0.25) is 5.12 Å². The van der Waals surface area contributed by atoms with E-state index in [1.165, 1.54) is 11.8 Å². The summed E-state index contributed by atoms with van der Waals surface area (Å²) < 4.78 is 9.80.